The van der Waals surface area contributed by atoms with E-state index in [0.717, 1.165) is 25.9 Å². The molecule has 2 fully saturated rings. The molecule has 2 aliphatic heterocycles. The van der Waals surface area contributed by atoms with Crippen molar-refractivity contribution in [3.8, 4) is 0 Å². The molecule has 0 aromatic carbocycles. The van der Waals surface area contributed by atoms with Crippen molar-refractivity contribution in [3.63, 3.8) is 0 Å². The van der Waals surface area contributed by atoms with Gasteiger partial charge in [0.2, 0.25) is 5.95 Å². The number of piperidine rings is 1. The minimum Gasteiger partial charge on any atom is -0.383 e. The Hall–Kier alpha value is -1.40. The van der Waals surface area contributed by atoms with E-state index in [-0.39, 0.29) is 11.9 Å². The Balaban J connectivity index is 1.59. The van der Waals surface area contributed by atoms with Gasteiger partial charge in [0.05, 0.1) is 17.4 Å². The zero-order valence-electron chi connectivity index (χ0n) is 11.1. The van der Waals surface area contributed by atoms with E-state index >= 15 is 0 Å². The Bertz CT molecular complexity index is 488. The SMILES string of the molecule is O=C1[C@H](O)CCN1C1CCN(c2ncc(Cl)cn2)CC1. The number of halogens is 1. The van der Waals surface area contributed by atoms with Crippen LogP contribution in [0.1, 0.15) is 19.3 Å². The van der Waals surface area contributed by atoms with Gasteiger partial charge in [-0.05, 0) is 19.3 Å². The number of nitrogens with zero attached hydrogens (tertiary/aromatic N) is 4. The highest BCUT2D eigenvalue weighted by Gasteiger charge is 2.36. The molecule has 2 aliphatic rings. The summed E-state index contributed by atoms with van der Waals surface area (Å²) in [5.74, 6) is 0.562. The number of hydrogen-bond donors (Lipinski definition) is 1. The molecule has 0 unspecified atom stereocenters. The van der Waals surface area contributed by atoms with Gasteiger partial charge in [0.1, 0.15) is 6.10 Å². The summed E-state index contributed by atoms with van der Waals surface area (Å²) < 4.78 is 0. The number of amides is 1. The third kappa shape index (κ3) is 2.58. The zero-order valence-corrected chi connectivity index (χ0v) is 11.8. The first-order chi connectivity index (χ1) is 9.65. The van der Waals surface area contributed by atoms with Crippen molar-refractivity contribution in [2.75, 3.05) is 24.5 Å². The Morgan fingerprint density at radius 2 is 1.80 bits per heavy atom. The van der Waals surface area contributed by atoms with Gasteiger partial charge in [-0.25, -0.2) is 9.97 Å². The maximum Gasteiger partial charge on any atom is 0.251 e. The lowest BCUT2D eigenvalue weighted by Gasteiger charge is -2.36. The van der Waals surface area contributed by atoms with Crippen LogP contribution in [0.3, 0.4) is 0 Å². The number of aliphatic hydroxyl groups is 1. The van der Waals surface area contributed by atoms with E-state index in [9.17, 15) is 9.90 Å². The molecule has 0 bridgehead atoms. The minimum absolute atomic E-state index is 0.119. The lowest BCUT2D eigenvalue weighted by molar-refractivity contribution is -0.136. The van der Waals surface area contributed by atoms with E-state index in [2.05, 4.69) is 14.9 Å². The first-order valence-electron chi connectivity index (χ1n) is 6.86. The summed E-state index contributed by atoms with van der Waals surface area (Å²) in [5, 5.41) is 10.0. The van der Waals surface area contributed by atoms with E-state index < -0.39 is 6.10 Å². The normalized spacial score (nSPS) is 24.5. The van der Waals surface area contributed by atoms with Crippen LogP contribution >= 0.6 is 11.6 Å². The Kier molecular flexibility index (Phi) is 3.76. The Morgan fingerprint density at radius 3 is 2.35 bits per heavy atom. The maximum absolute atomic E-state index is 11.8. The fourth-order valence-electron chi connectivity index (χ4n) is 2.90. The van der Waals surface area contributed by atoms with Crippen LogP contribution in [0.5, 0.6) is 0 Å². The lowest BCUT2D eigenvalue weighted by atomic mass is 10.0. The van der Waals surface area contributed by atoms with Crippen molar-refractivity contribution in [2.45, 2.75) is 31.4 Å². The van der Waals surface area contributed by atoms with E-state index in [1.807, 2.05) is 4.90 Å². The molecule has 1 aromatic rings. The molecular formula is C13H17ClN4O2. The van der Waals surface area contributed by atoms with E-state index in [0.29, 0.717) is 23.9 Å². The predicted molar refractivity (Wildman–Crippen MR) is 74.6 cm³/mol. The molecule has 7 heteroatoms. The van der Waals surface area contributed by atoms with Crippen LogP contribution in [0.25, 0.3) is 0 Å². The fourth-order valence-corrected chi connectivity index (χ4v) is 2.99. The quantitative estimate of drug-likeness (QED) is 0.870. The maximum atomic E-state index is 11.8. The molecule has 0 saturated carbocycles. The second-order valence-electron chi connectivity index (χ2n) is 5.26. The molecule has 1 N–H and O–H groups in total. The van der Waals surface area contributed by atoms with Gasteiger partial charge in [-0.2, -0.15) is 0 Å². The summed E-state index contributed by atoms with van der Waals surface area (Å²) in [6.45, 7) is 2.29. The molecular weight excluding hydrogens is 280 g/mol. The van der Waals surface area contributed by atoms with E-state index in [4.69, 9.17) is 11.6 Å². The largest absolute Gasteiger partial charge is 0.383 e. The van der Waals surface area contributed by atoms with E-state index in [1.54, 1.807) is 12.4 Å². The highest BCUT2D eigenvalue weighted by atomic mass is 35.5. The Morgan fingerprint density at radius 1 is 1.15 bits per heavy atom. The van der Waals surface area contributed by atoms with Gasteiger partial charge >= 0.3 is 0 Å². The molecule has 6 nitrogen and oxygen atoms in total. The number of carbonyl (C=O) groups is 1. The summed E-state index contributed by atoms with van der Waals surface area (Å²) in [6.07, 6.45) is 4.70. The molecule has 1 amide bonds. The van der Waals surface area contributed by atoms with Crippen LogP contribution < -0.4 is 4.90 Å². The van der Waals surface area contributed by atoms with Gasteiger partial charge in [0.15, 0.2) is 0 Å². The number of aromatic nitrogens is 2. The monoisotopic (exact) mass is 296 g/mol. The fraction of sp³-hybridized carbons (Fsp3) is 0.615. The third-order valence-corrected chi connectivity index (χ3v) is 4.20. The summed E-state index contributed by atoms with van der Waals surface area (Å²) >= 11 is 5.78. The van der Waals surface area contributed by atoms with Crippen LogP contribution in [0.4, 0.5) is 5.95 Å². The van der Waals surface area contributed by atoms with Gasteiger partial charge in [-0.3, -0.25) is 4.79 Å². The molecule has 2 saturated heterocycles. The van der Waals surface area contributed by atoms with Crippen molar-refractivity contribution in [3.05, 3.63) is 17.4 Å². The second-order valence-corrected chi connectivity index (χ2v) is 5.69. The number of likely N-dealkylation sites (tertiary alicyclic amines) is 1. The van der Waals surface area contributed by atoms with Gasteiger partial charge in [0, 0.05) is 25.7 Å². The van der Waals surface area contributed by atoms with Crippen LogP contribution in [-0.4, -0.2) is 57.7 Å². The zero-order chi connectivity index (χ0) is 14.1. The van der Waals surface area contributed by atoms with Gasteiger partial charge in [0.25, 0.3) is 5.91 Å². The summed E-state index contributed by atoms with van der Waals surface area (Å²) in [5.41, 5.74) is 0. The highest BCUT2D eigenvalue weighted by molar-refractivity contribution is 6.30. The number of anilines is 1. The molecule has 0 spiro atoms. The molecule has 3 heterocycles. The molecule has 1 atom stereocenters. The first kappa shape index (κ1) is 13.6. The number of aliphatic hydroxyl groups excluding tert-OH is 1. The number of rotatable bonds is 2. The van der Waals surface area contributed by atoms with Crippen LogP contribution in [0.15, 0.2) is 12.4 Å². The predicted octanol–water partition coefficient (Wildman–Crippen LogP) is 0.692. The Labute approximate surface area is 122 Å². The number of carbonyl (C=O) groups excluding carboxylic acids is 1. The summed E-state index contributed by atoms with van der Waals surface area (Å²) in [6, 6.07) is 0.225. The molecule has 1 aromatic heterocycles. The summed E-state index contributed by atoms with van der Waals surface area (Å²) in [4.78, 5) is 24.2. The van der Waals surface area contributed by atoms with Crippen molar-refractivity contribution in [1.29, 1.82) is 0 Å². The molecule has 0 aliphatic carbocycles. The van der Waals surface area contributed by atoms with Crippen LogP contribution in [-0.2, 0) is 4.79 Å². The smallest absolute Gasteiger partial charge is 0.251 e. The average Bonchev–Trinajstić information content (AvgIpc) is 2.80. The van der Waals surface area contributed by atoms with E-state index in [1.165, 1.54) is 0 Å². The van der Waals surface area contributed by atoms with Crippen molar-refractivity contribution in [1.82, 2.24) is 14.9 Å². The highest BCUT2D eigenvalue weighted by Crippen LogP contribution is 2.24. The minimum atomic E-state index is -0.798. The van der Waals surface area contributed by atoms with Gasteiger partial charge in [-0.1, -0.05) is 11.6 Å². The van der Waals surface area contributed by atoms with Crippen molar-refractivity contribution in [2.24, 2.45) is 0 Å². The molecule has 3 rings (SSSR count). The second kappa shape index (κ2) is 5.54. The summed E-state index contributed by atoms with van der Waals surface area (Å²) in [7, 11) is 0. The molecule has 108 valence electrons. The van der Waals surface area contributed by atoms with Crippen molar-refractivity contribution < 1.29 is 9.90 Å². The standard InChI is InChI=1S/C13H17ClN4O2/c14-9-7-15-13(16-8-9)17-4-1-10(2-5-17)18-6-3-11(19)12(18)20/h7-8,10-11,19H,1-6H2/t11-/m1/s1. The van der Waals surface area contributed by atoms with Crippen LogP contribution in [0.2, 0.25) is 5.02 Å². The molecule has 20 heavy (non-hydrogen) atoms. The number of hydrogen-bond acceptors (Lipinski definition) is 5. The van der Waals surface area contributed by atoms with Crippen LogP contribution in [0, 0.1) is 0 Å². The lowest BCUT2D eigenvalue weighted by Crippen LogP contribution is -2.46. The third-order valence-electron chi connectivity index (χ3n) is 4.01. The molecule has 0 radical (unpaired) electrons. The van der Waals surface area contributed by atoms with Gasteiger partial charge < -0.3 is 14.9 Å². The average molecular weight is 297 g/mol. The van der Waals surface area contributed by atoms with Crippen molar-refractivity contribution >= 4 is 23.5 Å². The first-order valence-corrected chi connectivity index (χ1v) is 7.24. The topological polar surface area (TPSA) is 69.6 Å². The van der Waals surface area contributed by atoms with Gasteiger partial charge in [-0.15, -0.1) is 0 Å².